The zero-order chi connectivity index (χ0) is 20.2. The highest BCUT2D eigenvalue weighted by Gasteiger charge is 2.32. The van der Waals surface area contributed by atoms with Crippen molar-refractivity contribution in [2.45, 2.75) is 13.0 Å². The molecule has 1 aromatic heterocycles. The Balaban J connectivity index is 1.49. The van der Waals surface area contributed by atoms with E-state index in [1.165, 1.54) is 6.20 Å². The first-order valence-corrected chi connectivity index (χ1v) is 9.75. The van der Waals surface area contributed by atoms with Gasteiger partial charge in [-0.05, 0) is 31.2 Å². The zero-order valence-corrected chi connectivity index (χ0v) is 16.3. The first-order chi connectivity index (χ1) is 14.1. The van der Waals surface area contributed by atoms with Gasteiger partial charge in [-0.15, -0.1) is 0 Å². The first kappa shape index (κ1) is 19.4. The third-order valence-electron chi connectivity index (χ3n) is 5.09. The summed E-state index contributed by atoms with van der Waals surface area (Å²) in [4.78, 5) is 33.1. The lowest BCUT2D eigenvalue weighted by molar-refractivity contribution is -0.125. The quantitative estimate of drug-likeness (QED) is 0.830. The summed E-state index contributed by atoms with van der Waals surface area (Å²) < 4.78 is 11.2. The van der Waals surface area contributed by atoms with Crippen molar-refractivity contribution < 1.29 is 19.1 Å². The maximum absolute atomic E-state index is 12.7. The van der Waals surface area contributed by atoms with E-state index in [4.69, 9.17) is 9.47 Å². The molecule has 2 aliphatic heterocycles. The lowest BCUT2D eigenvalue weighted by atomic mass is 10.1. The standard InChI is InChI=1S/C21H24N4O4/c1-15-21(27)25(8-7-24-9-11-28-12-10-24)18-5-4-17(13-19(18)29-15)23-20(26)16-3-2-6-22-14-16/h2-6,13-15H,7-12H2,1H3,(H,23,26). The van der Waals surface area contributed by atoms with Crippen molar-refractivity contribution in [1.29, 1.82) is 0 Å². The minimum atomic E-state index is -0.573. The van der Waals surface area contributed by atoms with Crippen LogP contribution < -0.4 is 15.0 Å². The molecule has 1 saturated heterocycles. The number of ether oxygens (including phenoxy) is 2. The number of hydrogen-bond acceptors (Lipinski definition) is 6. The number of carbonyl (C=O) groups excluding carboxylic acids is 2. The van der Waals surface area contributed by atoms with Crippen LogP contribution in [0.3, 0.4) is 0 Å². The van der Waals surface area contributed by atoms with Crippen LogP contribution in [0.25, 0.3) is 0 Å². The Morgan fingerprint density at radius 2 is 2.07 bits per heavy atom. The number of aromatic nitrogens is 1. The second kappa shape index (κ2) is 8.59. The molecule has 0 aliphatic carbocycles. The van der Waals surface area contributed by atoms with Gasteiger partial charge in [0.05, 0.1) is 24.5 Å². The van der Waals surface area contributed by atoms with Crippen molar-refractivity contribution >= 4 is 23.2 Å². The molecule has 29 heavy (non-hydrogen) atoms. The van der Waals surface area contributed by atoms with Gasteiger partial charge in [-0.3, -0.25) is 19.5 Å². The van der Waals surface area contributed by atoms with Gasteiger partial charge in [0, 0.05) is 50.3 Å². The van der Waals surface area contributed by atoms with Gasteiger partial charge in [0.2, 0.25) is 0 Å². The van der Waals surface area contributed by atoms with Crippen LogP contribution >= 0.6 is 0 Å². The van der Waals surface area contributed by atoms with Crippen LogP contribution in [-0.2, 0) is 9.53 Å². The molecule has 1 N–H and O–H groups in total. The molecule has 1 unspecified atom stereocenters. The molecule has 0 bridgehead atoms. The van der Waals surface area contributed by atoms with E-state index in [2.05, 4.69) is 15.2 Å². The molecule has 0 saturated carbocycles. The second-order valence-electron chi connectivity index (χ2n) is 7.08. The maximum Gasteiger partial charge on any atom is 0.267 e. The average Bonchev–Trinajstić information content (AvgIpc) is 2.75. The monoisotopic (exact) mass is 396 g/mol. The Morgan fingerprint density at radius 1 is 1.24 bits per heavy atom. The molecule has 2 aromatic rings. The van der Waals surface area contributed by atoms with E-state index in [0.717, 1.165) is 38.5 Å². The largest absolute Gasteiger partial charge is 0.479 e. The number of morpholine rings is 1. The molecule has 0 spiro atoms. The number of anilines is 2. The number of nitrogens with one attached hydrogen (secondary N) is 1. The van der Waals surface area contributed by atoms with E-state index < -0.39 is 6.10 Å². The molecule has 1 fully saturated rings. The molecule has 3 heterocycles. The summed E-state index contributed by atoms with van der Waals surface area (Å²) in [5.74, 6) is 0.281. The molecule has 2 amide bonds. The smallest absolute Gasteiger partial charge is 0.267 e. The van der Waals surface area contributed by atoms with E-state index in [1.54, 1.807) is 42.3 Å². The molecule has 0 radical (unpaired) electrons. The predicted octanol–water partition coefficient (Wildman–Crippen LogP) is 1.78. The Bertz CT molecular complexity index is 884. The molecule has 4 rings (SSSR count). The number of fused-ring (bicyclic) bond motifs is 1. The molecule has 2 aliphatic rings. The Morgan fingerprint density at radius 3 is 2.83 bits per heavy atom. The number of carbonyl (C=O) groups is 2. The number of rotatable bonds is 5. The summed E-state index contributed by atoms with van der Waals surface area (Å²) in [6.07, 6.45) is 2.56. The predicted molar refractivity (Wildman–Crippen MR) is 108 cm³/mol. The lowest BCUT2D eigenvalue weighted by Crippen LogP contribution is -2.48. The Labute approximate surface area is 169 Å². The van der Waals surface area contributed by atoms with Crippen molar-refractivity contribution in [3.63, 3.8) is 0 Å². The summed E-state index contributed by atoms with van der Waals surface area (Å²) >= 11 is 0. The summed E-state index contributed by atoms with van der Waals surface area (Å²) in [5, 5.41) is 2.85. The van der Waals surface area contributed by atoms with Gasteiger partial charge < -0.3 is 19.7 Å². The van der Waals surface area contributed by atoms with Gasteiger partial charge in [0.25, 0.3) is 11.8 Å². The van der Waals surface area contributed by atoms with E-state index >= 15 is 0 Å². The fraction of sp³-hybridized carbons (Fsp3) is 0.381. The number of hydrogen-bond donors (Lipinski definition) is 1. The molecular weight excluding hydrogens is 372 g/mol. The van der Waals surface area contributed by atoms with Crippen LogP contribution in [0.5, 0.6) is 5.75 Å². The van der Waals surface area contributed by atoms with E-state index in [1.807, 2.05) is 6.07 Å². The summed E-state index contributed by atoms with van der Waals surface area (Å²) in [7, 11) is 0. The highest BCUT2D eigenvalue weighted by molar-refractivity contribution is 6.05. The minimum Gasteiger partial charge on any atom is -0.479 e. The van der Waals surface area contributed by atoms with Gasteiger partial charge in [0.15, 0.2) is 6.10 Å². The number of amides is 2. The third kappa shape index (κ3) is 4.38. The highest BCUT2D eigenvalue weighted by atomic mass is 16.5. The van der Waals surface area contributed by atoms with Crippen molar-refractivity contribution in [2.75, 3.05) is 49.6 Å². The van der Waals surface area contributed by atoms with Crippen LogP contribution in [0.15, 0.2) is 42.7 Å². The van der Waals surface area contributed by atoms with Crippen LogP contribution in [0, 0.1) is 0 Å². The van der Waals surface area contributed by atoms with Crippen molar-refractivity contribution in [2.24, 2.45) is 0 Å². The number of pyridine rings is 1. The van der Waals surface area contributed by atoms with Crippen molar-refractivity contribution in [3.8, 4) is 5.75 Å². The minimum absolute atomic E-state index is 0.0575. The summed E-state index contributed by atoms with van der Waals surface area (Å²) in [5.41, 5.74) is 1.80. The highest BCUT2D eigenvalue weighted by Crippen LogP contribution is 2.36. The van der Waals surface area contributed by atoms with Gasteiger partial charge in [-0.1, -0.05) is 0 Å². The Kier molecular flexibility index (Phi) is 5.73. The van der Waals surface area contributed by atoms with Gasteiger partial charge in [-0.2, -0.15) is 0 Å². The average molecular weight is 396 g/mol. The summed E-state index contributed by atoms with van der Waals surface area (Å²) in [6.45, 7) is 6.31. The topological polar surface area (TPSA) is 84.0 Å². The molecule has 8 nitrogen and oxygen atoms in total. The second-order valence-corrected chi connectivity index (χ2v) is 7.08. The lowest BCUT2D eigenvalue weighted by Gasteiger charge is -2.35. The summed E-state index contributed by atoms with van der Waals surface area (Å²) in [6, 6.07) is 8.77. The number of benzene rings is 1. The van der Waals surface area contributed by atoms with Crippen LogP contribution in [-0.4, -0.2) is 67.2 Å². The third-order valence-corrected chi connectivity index (χ3v) is 5.09. The van der Waals surface area contributed by atoms with Crippen LogP contribution in [0.4, 0.5) is 11.4 Å². The molecule has 8 heteroatoms. The number of nitrogens with zero attached hydrogens (tertiary/aromatic N) is 3. The van der Waals surface area contributed by atoms with Crippen LogP contribution in [0.1, 0.15) is 17.3 Å². The van der Waals surface area contributed by atoms with Crippen molar-refractivity contribution in [1.82, 2.24) is 9.88 Å². The fourth-order valence-corrected chi connectivity index (χ4v) is 3.49. The Hall–Kier alpha value is -2.97. The van der Waals surface area contributed by atoms with E-state index in [9.17, 15) is 9.59 Å². The molecular formula is C21H24N4O4. The maximum atomic E-state index is 12.7. The van der Waals surface area contributed by atoms with E-state index in [0.29, 0.717) is 23.5 Å². The SMILES string of the molecule is CC1Oc2cc(NC(=O)c3cccnc3)ccc2N(CCN2CCOCC2)C1=O. The first-order valence-electron chi connectivity index (χ1n) is 9.75. The van der Waals surface area contributed by atoms with Crippen molar-refractivity contribution in [3.05, 3.63) is 48.3 Å². The fourth-order valence-electron chi connectivity index (χ4n) is 3.49. The zero-order valence-electron chi connectivity index (χ0n) is 16.3. The van der Waals surface area contributed by atoms with Gasteiger partial charge >= 0.3 is 0 Å². The normalized spacial score (nSPS) is 19.4. The van der Waals surface area contributed by atoms with Gasteiger partial charge in [-0.25, -0.2) is 0 Å². The van der Waals surface area contributed by atoms with Crippen LogP contribution in [0.2, 0.25) is 0 Å². The van der Waals surface area contributed by atoms with Gasteiger partial charge in [0.1, 0.15) is 5.75 Å². The van der Waals surface area contributed by atoms with E-state index in [-0.39, 0.29) is 11.8 Å². The molecule has 1 aromatic carbocycles. The molecule has 1 atom stereocenters. The molecule has 152 valence electrons.